The number of fused-ring (bicyclic) bond motifs is 1. The van der Waals surface area contributed by atoms with Crippen LogP contribution in [-0.4, -0.2) is 90.9 Å². The molecule has 0 bridgehead atoms. The van der Waals surface area contributed by atoms with Crippen LogP contribution in [0.1, 0.15) is 18.4 Å². The number of nitrogens with two attached hydrogens (primary N) is 1. The molecule has 1 atom stereocenters. The number of benzene rings is 1. The van der Waals surface area contributed by atoms with Crippen LogP contribution in [0.25, 0.3) is 0 Å². The summed E-state index contributed by atoms with van der Waals surface area (Å²) in [7, 11) is 0. The van der Waals surface area contributed by atoms with Crippen molar-refractivity contribution in [3.8, 4) is 0 Å². The summed E-state index contributed by atoms with van der Waals surface area (Å²) < 4.78 is 37.4. The zero-order valence-corrected chi connectivity index (χ0v) is 18.9. The number of urea groups is 1. The van der Waals surface area contributed by atoms with Crippen molar-refractivity contribution < 1.29 is 27.8 Å². The number of piperazine rings is 1. The van der Waals surface area contributed by atoms with Crippen molar-refractivity contribution in [2.24, 2.45) is 10.7 Å². The highest BCUT2D eigenvalue weighted by molar-refractivity contribution is 5.86. The lowest BCUT2D eigenvalue weighted by Gasteiger charge is -2.42. The Morgan fingerprint density at radius 1 is 1.24 bits per heavy atom. The van der Waals surface area contributed by atoms with Gasteiger partial charge in [-0.3, -0.25) is 9.69 Å². The molecule has 3 aliphatic rings. The molecule has 0 saturated carbocycles. The molecular formula is C23H29F2N5O4. The number of hydrogen-bond acceptors (Lipinski definition) is 6. The van der Waals surface area contributed by atoms with Gasteiger partial charge in [0, 0.05) is 32.8 Å². The van der Waals surface area contributed by atoms with E-state index in [9.17, 15) is 18.4 Å². The van der Waals surface area contributed by atoms with Crippen LogP contribution in [-0.2, 0) is 20.9 Å². The van der Waals surface area contributed by atoms with Gasteiger partial charge in [0.15, 0.2) is 11.6 Å². The first-order valence-electron chi connectivity index (χ1n) is 11.2. The van der Waals surface area contributed by atoms with E-state index in [2.05, 4.69) is 16.6 Å². The molecule has 2 N–H and O–H groups in total. The molecule has 4 rings (SSSR count). The van der Waals surface area contributed by atoms with Crippen LogP contribution in [0.4, 0.5) is 13.6 Å². The van der Waals surface area contributed by atoms with Gasteiger partial charge in [-0.15, -0.1) is 0 Å². The number of rotatable bonds is 5. The molecule has 3 fully saturated rings. The van der Waals surface area contributed by atoms with Gasteiger partial charge in [0.05, 0.1) is 31.3 Å². The standard InChI is InChI=1S/C23H29F2N5O4/c1-27-22(32)30-14-17-13-28(21(31)23(26)5-10-33-11-6-23)7-8-29(17)20(30)4-9-34-15-16-2-3-18(24)19(25)12-16/h2-4,12,17H,1,5-11,13-15,26H2/b20-4-. The van der Waals surface area contributed by atoms with Crippen molar-refractivity contribution in [1.29, 1.82) is 0 Å². The maximum absolute atomic E-state index is 13.4. The number of halogens is 2. The SMILES string of the molecule is C=NC(=O)N1CC2CN(C(=O)C3(N)CCOCC3)CCN2/C1=C/COCc1ccc(F)c(F)c1. The second kappa shape index (κ2) is 10.2. The fourth-order valence-electron chi connectivity index (χ4n) is 4.65. The summed E-state index contributed by atoms with van der Waals surface area (Å²) in [6.07, 6.45) is 2.73. The molecule has 0 aliphatic carbocycles. The molecule has 0 spiro atoms. The van der Waals surface area contributed by atoms with Gasteiger partial charge in [-0.05, 0) is 43.3 Å². The van der Waals surface area contributed by atoms with E-state index in [0.29, 0.717) is 63.6 Å². The Morgan fingerprint density at radius 2 is 2.00 bits per heavy atom. The molecule has 9 nitrogen and oxygen atoms in total. The lowest BCUT2D eigenvalue weighted by Crippen LogP contribution is -2.62. The van der Waals surface area contributed by atoms with Crippen molar-refractivity contribution in [3.63, 3.8) is 0 Å². The average molecular weight is 478 g/mol. The van der Waals surface area contributed by atoms with E-state index in [1.165, 1.54) is 11.0 Å². The Morgan fingerprint density at radius 3 is 2.71 bits per heavy atom. The second-order valence-corrected chi connectivity index (χ2v) is 8.74. The summed E-state index contributed by atoms with van der Waals surface area (Å²) in [6, 6.07) is 3.00. The van der Waals surface area contributed by atoms with Gasteiger partial charge >= 0.3 is 6.03 Å². The third-order valence-corrected chi connectivity index (χ3v) is 6.55. The highest BCUT2D eigenvalue weighted by Gasteiger charge is 2.45. The van der Waals surface area contributed by atoms with Crippen LogP contribution in [0.2, 0.25) is 0 Å². The van der Waals surface area contributed by atoms with Crippen LogP contribution in [0.5, 0.6) is 0 Å². The molecule has 0 aromatic heterocycles. The largest absolute Gasteiger partial charge is 0.381 e. The van der Waals surface area contributed by atoms with E-state index in [0.717, 1.165) is 12.1 Å². The molecule has 0 radical (unpaired) electrons. The Hall–Kier alpha value is -2.89. The van der Waals surface area contributed by atoms with E-state index in [-0.39, 0.29) is 25.2 Å². The molecule has 184 valence electrons. The summed E-state index contributed by atoms with van der Waals surface area (Å²) in [6.45, 7) is 6.31. The predicted molar refractivity (Wildman–Crippen MR) is 120 cm³/mol. The van der Waals surface area contributed by atoms with Gasteiger partial charge in [-0.2, -0.15) is 0 Å². The summed E-state index contributed by atoms with van der Waals surface area (Å²) >= 11 is 0. The molecule has 3 heterocycles. The van der Waals surface area contributed by atoms with Crippen molar-refractivity contribution >= 4 is 18.7 Å². The van der Waals surface area contributed by atoms with Gasteiger partial charge in [-0.1, -0.05) is 6.07 Å². The van der Waals surface area contributed by atoms with E-state index in [4.69, 9.17) is 15.2 Å². The lowest BCUT2D eigenvalue weighted by molar-refractivity contribution is -0.142. The summed E-state index contributed by atoms with van der Waals surface area (Å²) in [5, 5.41) is 0. The van der Waals surface area contributed by atoms with Gasteiger partial charge in [0.2, 0.25) is 5.91 Å². The Bertz CT molecular complexity index is 982. The fraction of sp³-hybridized carbons (Fsp3) is 0.522. The van der Waals surface area contributed by atoms with Crippen LogP contribution in [0.3, 0.4) is 0 Å². The van der Waals surface area contributed by atoms with Gasteiger partial charge in [-0.25, -0.2) is 18.6 Å². The monoisotopic (exact) mass is 477 g/mol. The lowest BCUT2D eigenvalue weighted by atomic mass is 9.89. The fourth-order valence-corrected chi connectivity index (χ4v) is 4.65. The minimum atomic E-state index is -0.931. The zero-order valence-electron chi connectivity index (χ0n) is 18.9. The van der Waals surface area contributed by atoms with Crippen LogP contribution >= 0.6 is 0 Å². The summed E-state index contributed by atoms with van der Waals surface area (Å²) in [5.74, 6) is -1.29. The molecule has 3 aliphatic heterocycles. The van der Waals surface area contributed by atoms with E-state index in [1.54, 1.807) is 11.0 Å². The highest BCUT2D eigenvalue weighted by Crippen LogP contribution is 2.30. The number of nitrogens with zero attached hydrogens (tertiary/aromatic N) is 4. The van der Waals surface area contributed by atoms with E-state index < -0.39 is 23.2 Å². The van der Waals surface area contributed by atoms with Crippen molar-refractivity contribution in [2.45, 2.75) is 31.0 Å². The van der Waals surface area contributed by atoms with Gasteiger partial charge in [0.1, 0.15) is 5.82 Å². The first-order valence-corrected chi connectivity index (χ1v) is 11.2. The Balaban J connectivity index is 1.41. The zero-order chi connectivity index (χ0) is 24.3. The van der Waals surface area contributed by atoms with Crippen LogP contribution in [0, 0.1) is 11.6 Å². The van der Waals surface area contributed by atoms with Gasteiger partial charge < -0.3 is 25.0 Å². The smallest absolute Gasteiger partial charge is 0.348 e. The molecule has 1 unspecified atom stereocenters. The Labute approximate surface area is 196 Å². The van der Waals surface area contributed by atoms with Crippen LogP contribution in [0.15, 0.2) is 35.1 Å². The Kier molecular flexibility index (Phi) is 7.24. The average Bonchev–Trinajstić information content (AvgIpc) is 3.21. The normalized spacial score (nSPS) is 23.2. The molecule has 1 aromatic carbocycles. The van der Waals surface area contributed by atoms with E-state index in [1.807, 2.05) is 0 Å². The predicted octanol–water partition coefficient (Wildman–Crippen LogP) is 1.48. The number of hydrogen-bond donors (Lipinski definition) is 1. The number of amides is 3. The highest BCUT2D eigenvalue weighted by atomic mass is 19.2. The molecule has 1 aromatic rings. The third-order valence-electron chi connectivity index (χ3n) is 6.55. The summed E-state index contributed by atoms with van der Waals surface area (Å²) in [4.78, 5) is 34.4. The molecule has 11 heteroatoms. The third kappa shape index (κ3) is 4.96. The van der Waals surface area contributed by atoms with Gasteiger partial charge in [0.25, 0.3) is 0 Å². The van der Waals surface area contributed by atoms with E-state index >= 15 is 0 Å². The minimum absolute atomic E-state index is 0.0811. The second-order valence-electron chi connectivity index (χ2n) is 8.74. The molecule has 34 heavy (non-hydrogen) atoms. The topological polar surface area (TPSA) is 101 Å². The van der Waals surface area contributed by atoms with Crippen molar-refractivity contribution in [1.82, 2.24) is 14.7 Å². The molecular weight excluding hydrogens is 448 g/mol. The maximum atomic E-state index is 13.4. The number of aliphatic imine (C=N–C) groups is 1. The number of carbonyl (C=O) groups is 2. The first-order chi connectivity index (χ1) is 16.3. The first kappa shape index (κ1) is 24.2. The number of ether oxygens (including phenoxy) is 2. The number of carbonyl (C=O) groups excluding carboxylic acids is 2. The van der Waals surface area contributed by atoms with Crippen LogP contribution < -0.4 is 5.73 Å². The minimum Gasteiger partial charge on any atom is -0.381 e. The molecule has 3 saturated heterocycles. The summed E-state index contributed by atoms with van der Waals surface area (Å²) in [5.41, 5.74) is 5.98. The maximum Gasteiger partial charge on any atom is 0.348 e. The molecule has 3 amide bonds. The van der Waals surface area contributed by atoms with Crippen molar-refractivity contribution in [3.05, 3.63) is 47.3 Å². The quantitative estimate of drug-likeness (QED) is 0.509. The van der Waals surface area contributed by atoms with Crippen molar-refractivity contribution in [2.75, 3.05) is 46.0 Å².